The first-order valence-corrected chi connectivity index (χ1v) is 4.68. The van der Waals surface area contributed by atoms with Crippen LogP contribution in [0.4, 0.5) is 0 Å². The second-order valence-corrected chi connectivity index (χ2v) is 3.71. The minimum Gasteiger partial charge on any atom is -0.481 e. The van der Waals surface area contributed by atoms with Gasteiger partial charge in [-0.25, -0.2) is 0 Å². The third kappa shape index (κ3) is 3.82. The minimum atomic E-state index is -0.737. The number of rotatable bonds is 4. The third-order valence-corrected chi connectivity index (χ3v) is 2.86. The summed E-state index contributed by atoms with van der Waals surface area (Å²) in [4.78, 5) is 10.4. The molecular formula is C9H18ClNO3. The highest BCUT2D eigenvalue weighted by Gasteiger charge is 2.31. The SMILES string of the molecule is Cl.NCC1(CCC(=O)O)CCOCC1. The van der Waals surface area contributed by atoms with Gasteiger partial charge in [0.2, 0.25) is 0 Å². The Kier molecular flexibility index (Phi) is 6.08. The molecule has 1 rings (SSSR count). The Bertz CT molecular complexity index is 181. The molecule has 1 aliphatic heterocycles. The van der Waals surface area contributed by atoms with Crippen molar-refractivity contribution in [1.29, 1.82) is 0 Å². The number of ether oxygens (including phenoxy) is 1. The van der Waals surface area contributed by atoms with E-state index in [0.717, 1.165) is 26.1 Å². The van der Waals surface area contributed by atoms with E-state index in [-0.39, 0.29) is 24.2 Å². The summed E-state index contributed by atoms with van der Waals surface area (Å²) in [5.41, 5.74) is 5.70. The molecule has 0 unspecified atom stereocenters. The molecule has 0 aromatic rings. The van der Waals surface area contributed by atoms with Gasteiger partial charge in [0.05, 0.1) is 0 Å². The zero-order chi connectivity index (χ0) is 9.73. The van der Waals surface area contributed by atoms with E-state index in [1.54, 1.807) is 0 Å². The Labute approximate surface area is 90.2 Å². The van der Waals surface area contributed by atoms with Gasteiger partial charge in [0, 0.05) is 19.6 Å². The van der Waals surface area contributed by atoms with Crippen molar-refractivity contribution >= 4 is 18.4 Å². The molecular weight excluding hydrogens is 206 g/mol. The Morgan fingerprint density at radius 2 is 2.00 bits per heavy atom. The van der Waals surface area contributed by atoms with Crippen molar-refractivity contribution in [2.75, 3.05) is 19.8 Å². The van der Waals surface area contributed by atoms with Gasteiger partial charge < -0.3 is 15.6 Å². The van der Waals surface area contributed by atoms with Crippen LogP contribution in [0.1, 0.15) is 25.7 Å². The van der Waals surface area contributed by atoms with Crippen LogP contribution < -0.4 is 5.73 Å². The fourth-order valence-electron chi connectivity index (χ4n) is 1.73. The van der Waals surface area contributed by atoms with E-state index in [0.29, 0.717) is 13.0 Å². The first-order chi connectivity index (χ1) is 6.18. The number of aliphatic carboxylic acids is 1. The van der Waals surface area contributed by atoms with Gasteiger partial charge >= 0.3 is 5.97 Å². The second kappa shape index (κ2) is 6.22. The predicted molar refractivity (Wildman–Crippen MR) is 55.7 cm³/mol. The highest BCUT2D eigenvalue weighted by Crippen LogP contribution is 2.33. The molecule has 0 aromatic carbocycles. The number of halogens is 1. The number of hydrogen-bond donors (Lipinski definition) is 2. The van der Waals surface area contributed by atoms with Gasteiger partial charge in [-0.3, -0.25) is 4.79 Å². The van der Waals surface area contributed by atoms with Crippen LogP contribution in [0.3, 0.4) is 0 Å². The molecule has 0 radical (unpaired) electrons. The molecule has 1 heterocycles. The molecule has 5 heteroatoms. The maximum absolute atomic E-state index is 10.4. The Balaban J connectivity index is 0.00000169. The Morgan fingerprint density at radius 3 is 2.43 bits per heavy atom. The smallest absolute Gasteiger partial charge is 0.303 e. The zero-order valence-corrected chi connectivity index (χ0v) is 9.02. The van der Waals surface area contributed by atoms with Gasteiger partial charge in [-0.2, -0.15) is 0 Å². The molecule has 84 valence electrons. The van der Waals surface area contributed by atoms with E-state index in [1.165, 1.54) is 0 Å². The van der Waals surface area contributed by atoms with Crippen LogP contribution in [0.15, 0.2) is 0 Å². The highest BCUT2D eigenvalue weighted by molar-refractivity contribution is 5.85. The standard InChI is InChI=1S/C9H17NO3.ClH/c10-7-9(2-1-8(11)12)3-5-13-6-4-9;/h1-7,10H2,(H,11,12);1H. The summed E-state index contributed by atoms with van der Waals surface area (Å²) in [6, 6.07) is 0. The van der Waals surface area contributed by atoms with Crippen molar-refractivity contribution in [1.82, 2.24) is 0 Å². The number of carboxylic acids is 1. The number of carboxylic acid groups (broad SMARTS) is 1. The molecule has 4 nitrogen and oxygen atoms in total. The lowest BCUT2D eigenvalue weighted by molar-refractivity contribution is -0.138. The molecule has 0 saturated carbocycles. The number of carbonyl (C=O) groups is 1. The summed E-state index contributed by atoms with van der Waals surface area (Å²) >= 11 is 0. The summed E-state index contributed by atoms with van der Waals surface area (Å²) in [6.07, 6.45) is 2.70. The van der Waals surface area contributed by atoms with E-state index >= 15 is 0 Å². The maximum atomic E-state index is 10.4. The minimum absolute atomic E-state index is 0. The normalized spacial score (nSPS) is 19.8. The molecule has 1 saturated heterocycles. The predicted octanol–water partition coefficient (Wildman–Crippen LogP) is 1.03. The molecule has 0 aliphatic carbocycles. The molecule has 0 aromatic heterocycles. The molecule has 0 amide bonds. The van der Waals surface area contributed by atoms with Gasteiger partial charge in [-0.05, 0) is 31.2 Å². The van der Waals surface area contributed by atoms with Crippen molar-refractivity contribution in [2.45, 2.75) is 25.7 Å². The summed E-state index contributed by atoms with van der Waals surface area (Å²) in [5, 5.41) is 8.58. The van der Waals surface area contributed by atoms with Crippen molar-refractivity contribution in [2.24, 2.45) is 11.1 Å². The number of nitrogens with two attached hydrogens (primary N) is 1. The molecule has 0 bridgehead atoms. The first-order valence-electron chi connectivity index (χ1n) is 4.68. The molecule has 14 heavy (non-hydrogen) atoms. The van der Waals surface area contributed by atoms with Gasteiger partial charge in [0.1, 0.15) is 0 Å². The van der Waals surface area contributed by atoms with E-state index < -0.39 is 5.97 Å². The maximum Gasteiger partial charge on any atom is 0.303 e. The summed E-state index contributed by atoms with van der Waals surface area (Å²) in [5.74, 6) is -0.737. The van der Waals surface area contributed by atoms with Crippen molar-refractivity contribution in [3.05, 3.63) is 0 Å². The molecule has 3 N–H and O–H groups in total. The van der Waals surface area contributed by atoms with Gasteiger partial charge in [-0.1, -0.05) is 0 Å². The van der Waals surface area contributed by atoms with Crippen LogP contribution in [0.2, 0.25) is 0 Å². The fourth-order valence-corrected chi connectivity index (χ4v) is 1.73. The van der Waals surface area contributed by atoms with Crippen LogP contribution in [0.5, 0.6) is 0 Å². The van der Waals surface area contributed by atoms with Crippen molar-refractivity contribution in [3.8, 4) is 0 Å². The monoisotopic (exact) mass is 223 g/mol. The molecule has 1 fully saturated rings. The van der Waals surface area contributed by atoms with Crippen LogP contribution in [-0.4, -0.2) is 30.8 Å². The van der Waals surface area contributed by atoms with Gasteiger partial charge in [-0.15, -0.1) is 12.4 Å². The Hall–Kier alpha value is -0.320. The molecule has 0 spiro atoms. The van der Waals surface area contributed by atoms with Crippen molar-refractivity contribution < 1.29 is 14.6 Å². The summed E-state index contributed by atoms with van der Waals surface area (Å²) in [6.45, 7) is 2.01. The van der Waals surface area contributed by atoms with E-state index in [1.807, 2.05) is 0 Å². The second-order valence-electron chi connectivity index (χ2n) is 3.71. The van der Waals surface area contributed by atoms with Crippen LogP contribution >= 0.6 is 12.4 Å². The van der Waals surface area contributed by atoms with E-state index in [2.05, 4.69) is 0 Å². The zero-order valence-electron chi connectivity index (χ0n) is 8.20. The van der Waals surface area contributed by atoms with Gasteiger partial charge in [0.15, 0.2) is 0 Å². The summed E-state index contributed by atoms with van der Waals surface area (Å²) < 4.78 is 5.23. The average molecular weight is 224 g/mol. The van der Waals surface area contributed by atoms with E-state index in [9.17, 15) is 4.79 Å². The largest absolute Gasteiger partial charge is 0.481 e. The molecule has 1 aliphatic rings. The average Bonchev–Trinajstić information content (AvgIpc) is 2.16. The fraction of sp³-hybridized carbons (Fsp3) is 0.889. The van der Waals surface area contributed by atoms with E-state index in [4.69, 9.17) is 15.6 Å². The lowest BCUT2D eigenvalue weighted by Gasteiger charge is -2.35. The van der Waals surface area contributed by atoms with Crippen molar-refractivity contribution in [3.63, 3.8) is 0 Å². The summed E-state index contributed by atoms with van der Waals surface area (Å²) in [7, 11) is 0. The first kappa shape index (κ1) is 13.7. The number of hydrogen-bond acceptors (Lipinski definition) is 3. The van der Waals surface area contributed by atoms with Crippen LogP contribution in [0.25, 0.3) is 0 Å². The highest BCUT2D eigenvalue weighted by atomic mass is 35.5. The quantitative estimate of drug-likeness (QED) is 0.747. The molecule has 0 atom stereocenters. The Morgan fingerprint density at radius 1 is 1.43 bits per heavy atom. The van der Waals surface area contributed by atoms with Gasteiger partial charge in [0.25, 0.3) is 0 Å². The lowest BCUT2D eigenvalue weighted by Crippen LogP contribution is -2.37. The van der Waals surface area contributed by atoms with Crippen LogP contribution in [0, 0.1) is 5.41 Å². The topological polar surface area (TPSA) is 72.6 Å². The van der Waals surface area contributed by atoms with Crippen LogP contribution in [-0.2, 0) is 9.53 Å². The lowest BCUT2D eigenvalue weighted by atomic mass is 9.76. The third-order valence-electron chi connectivity index (χ3n) is 2.86.